The number of piperazine rings is 1. The van der Waals surface area contributed by atoms with Gasteiger partial charge in [0.15, 0.2) is 0 Å². The highest BCUT2D eigenvalue weighted by Crippen LogP contribution is 2.26. The maximum Gasteiger partial charge on any atom is 0.251 e. The number of carbonyl (C=O) groups excluding carboxylic acids is 1. The lowest BCUT2D eigenvalue weighted by molar-refractivity contribution is 0.0938. The molecule has 1 amide bonds. The number of rotatable bonds is 6. The molecule has 0 saturated carbocycles. The molecule has 0 radical (unpaired) electrons. The summed E-state index contributed by atoms with van der Waals surface area (Å²) in [5.41, 5.74) is 0.306. The standard InChI is InChI=1S/C17H26ClN3O3S/c1-4-5-13(2)19-17(22)14-6-7-15(18)16(12-14)25(23,24)21-10-8-20(3)9-11-21/h6-7,12-13H,4-5,8-11H2,1-3H3,(H,19,22)/t13-/m1/s1. The molecule has 0 bridgehead atoms. The number of sulfonamides is 1. The van der Waals surface area contributed by atoms with Gasteiger partial charge in [-0.1, -0.05) is 24.9 Å². The fraction of sp³-hybridized carbons (Fsp3) is 0.588. The predicted octanol–water partition coefficient (Wildman–Crippen LogP) is 2.19. The Morgan fingerprint density at radius 2 is 1.92 bits per heavy atom. The van der Waals surface area contributed by atoms with Crippen LogP contribution in [0.15, 0.2) is 23.1 Å². The van der Waals surface area contributed by atoms with Crippen LogP contribution in [-0.2, 0) is 10.0 Å². The van der Waals surface area contributed by atoms with Gasteiger partial charge < -0.3 is 10.2 Å². The number of benzene rings is 1. The van der Waals surface area contributed by atoms with Crippen molar-refractivity contribution in [2.45, 2.75) is 37.6 Å². The smallest absolute Gasteiger partial charge is 0.251 e. The first kappa shape index (κ1) is 20.2. The van der Waals surface area contributed by atoms with E-state index >= 15 is 0 Å². The summed E-state index contributed by atoms with van der Waals surface area (Å²) < 4.78 is 27.2. The lowest BCUT2D eigenvalue weighted by atomic mass is 10.1. The lowest BCUT2D eigenvalue weighted by Gasteiger charge is -2.31. The van der Waals surface area contributed by atoms with Crippen LogP contribution in [0.25, 0.3) is 0 Å². The van der Waals surface area contributed by atoms with Crippen LogP contribution in [0, 0.1) is 0 Å². The van der Waals surface area contributed by atoms with E-state index in [1.807, 2.05) is 20.9 Å². The molecule has 25 heavy (non-hydrogen) atoms. The number of carbonyl (C=O) groups is 1. The molecule has 1 heterocycles. The molecule has 0 aliphatic carbocycles. The SMILES string of the molecule is CCC[C@@H](C)NC(=O)c1ccc(Cl)c(S(=O)(=O)N2CCN(C)CC2)c1. The monoisotopic (exact) mass is 387 g/mol. The number of likely N-dealkylation sites (N-methyl/N-ethyl adjacent to an activating group) is 1. The molecule has 1 aromatic carbocycles. The Labute approximate surface area is 155 Å². The topological polar surface area (TPSA) is 69.7 Å². The summed E-state index contributed by atoms with van der Waals surface area (Å²) >= 11 is 6.14. The van der Waals surface area contributed by atoms with Crippen LogP contribution < -0.4 is 5.32 Å². The van der Waals surface area contributed by atoms with Gasteiger partial charge in [0.05, 0.1) is 5.02 Å². The van der Waals surface area contributed by atoms with E-state index in [1.165, 1.54) is 16.4 Å². The van der Waals surface area contributed by atoms with Gasteiger partial charge in [0.25, 0.3) is 5.91 Å². The Morgan fingerprint density at radius 1 is 1.28 bits per heavy atom. The second-order valence-corrected chi connectivity index (χ2v) is 8.83. The van der Waals surface area contributed by atoms with E-state index in [0.29, 0.717) is 31.7 Å². The van der Waals surface area contributed by atoms with Crippen molar-refractivity contribution in [3.63, 3.8) is 0 Å². The summed E-state index contributed by atoms with van der Waals surface area (Å²) in [6, 6.07) is 4.44. The van der Waals surface area contributed by atoms with E-state index in [-0.39, 0.29) is 21.9 Å². The first-order chi connectivity index (χ1) is 11.8. The van der Waals surface area contributed by atoms with E-state index in [9.17, 15) is 13.2 Å². The van der Waals surface area contributed by atoms with E-state index in [4.69, 9.17) is 11.6 Å². The maximum absolute atomic E-state index is 12.9. The van der Waals surface area contributed by atoms with Crippen molar-refractivity contribution >= 4 is 27.5 Å². The summed E-state index contributed by atoms with van der Waals surface area (Å²) in [6.07, 6.45) is 1.83. The van der Waals surface area contributed by atoms with E-state index < -0.39 is 10.0 Å². The van der Waals surface area contributed by atoms with Crippen molar-refractivity contribution < 1.29 is 13.2 Å². The molecule has 1 aliphatic rings. The van der Waals surface area contributed by atoms with Crippen LogP contribution in [0.5, 0.6) is 0 Å². The number of nitrogens with zero attached hydrogens (tertiary/aromatic N) is 2. The van der Waals surface area contributed by atoms with Crippen molar-refractivity contribution in [2.24, 2.45) is 0 Å². The second-order valence-electron chi connectivity index (χ2n) is 6.52. The van der Waals surface area contributed by atoms with Crippen molar-refractivity contribution in [3.05, 3.63) is 28.8 Å². The van der Waals surface area contributed by atoms with Crippen LogP contribution in [-0.4, -0.2) is 62.8 Å². The van der Waals surface area contributed by atoms with Crippen LogP contribution in [0.1, 0.15) is 37.0 Å². The van der Waals surface area contributed by atoms with Gasteiger partial charge in [0.1, 0.15) is 4.90 Å². The maximum atomic E-state index is 12.9. The Hall–Kier alpha value is -1.15. The third-order valence-corrected chi connectivity index (χ3v) is 6.75. The van der Waals surface area contributed by atoms with Gasteiger partial charge in [0.2, 0.25) is 10.0 Å². The van der Waals surface area contributed by atoms with Gasteiger partial charge in [-0.05, 0) is 38.6 Å². The summed E-state index contributed by atoms with van der Waals surface area (Å²) in [4.78, 5) is 14.4. The summed E-state index contributed by atoms with van der Waals surface area (Å²) in [6.45, 7) is 6.15. The molecule has 1 fully saturated rings. The van der Waals surface area contributed by atoms with Crippen LogP contribution in [0.4, 0.5) is 0 Å². The molecule has 1 N–H and O–H groups in total. The highest BCUT2D eigenvalue weighted by atomic mass is 35.5. The van der Waals surface area contributed by atoms with E-state index in [2.05, 4.69) is 10.2 Å². The molecule has 8 heteroatoms. The average Bonchev–Trinajstić information content (AvgIpc) is 2.55. The zero-order valence-corrected chi connectivity index (χ0v) is 16.5. The van der Waals surface area contributed by atoms with Crippen LogP contribution >= 0.6 is 11.6 Å². The number of halogens is 1. The minimum absolute atomic E-state index is 0.00508. The van der Waals surface area contributed by atoms with Crippen molar-refractivity contribution in [3.8, 4) is 0 Å². The molecule has 6 nitrogen and oxygen atoms in total. The van der Waals surface area contributed by atoms with Crippen molar-refractivity contribution in [1.29, 1.82) is 0 Å². The van der Waals surface area contributed by atoms with Gasteiger partial charge in [-0.3, -0.25) is 4.79 Å². The zero-order chi connectivity index (χ0) is 18.6. The molecule has 0 aromatic heterocycles. The first-order valence-corrected chi connectivity index (χ1v) is 10.4. The highest BCUT2D eigenvalue weighted by molar-refractivity contribution is 7.89. The number of hydrogen-bond acceptors (Lipinski definition) is 4. The quantitative estimate of drug-likeness (QED) is 0.812. The molecule has 1 atom stereocenters. The summed E-state index contributed by atoms with van der Waals surface area (Å²) in [5.74, 6) is -0.285. The highest BCUT2D eigenvalue weighted by Gasteiger charge is 2.30. The average molecular weight is 388 g/mol. The number of hydrogen-bond donors (Lipinski definition) is 1. The molecule has 0 spiro atoms. The summed E-state index contributed by atoms with van der Waals surface area (Å²) in [7, 11) is -1.76. The minimum atomic E-state index is -3.72. The Bertz CT molecular complexity index is 716. The largest absolute Gasteiger partial charge is 0.350 e. The normalized spacial score (nSPS) is 18.1. The Balaban J connectivity index is 2.25. The van der Waals surface area contributed by atoms with Crippen LogP contribution in [0.2, 0.25) is 5.02 Å². The fourth-order valence-corrected chi connectivity index (χ4v) is 4.74. The van der Waals surface area contributed by atoms with Crippen LogP contribution in [0.3, 0.4) is 0 Å². The molecule has 1 aromatic rings. The minimum Gasteiger partial charge on any atom is -0.350 e. The molecule has 0 unspecified atom stereocenters. The van der Waals surface area contributed by atoms with E-state index in [0.717, 1.165) is 12.8 Å². The summed E-state index contributed by atoms with van der Waals surface area (Å²) in [5, 5.41) is 3.02. The zero-order valence-electron chi connectivity index (χ0n) is 15.0. The second kappa shape index (κ2) is 8.49. The van der Waals surface area contributed by atoms with E-state index in [1.54, 1.807) is 6.07 Å². The predicted molar refractivity (Wildman–Crippen MR) is 99.5 cm³/mol. The van der Waals surface area contributed by atoms with Crippen molar-refractivity contribution in [1.82, 2.24) is 14.5 Å². The first-order valence-electron chi connectivity index (χ1n) is 8.54. The molecular weight excluding hydrogens is 362 g/mol. The number of nitrogens with one attached hydrogen (secondary N) is 1. The molecule has 140 valence electrons. The van der Waals surface area contributed by atoms with Crippen molar-refractivity contribution in [2.75, 3.05) is 33.2 Å². The van der Waals surface area contributed by atoms with Gasteiger partial charge in [-0.2, -0.15) is 4.31 Å². The van der Waals surface area contributed by atoms with Gasteiger partial charge in [-0.25, -0.2) is 8.42 Å². The van der Waals surface area contributed by atoms with Gasteiger partial charge in [-0.15, -0.1) is 0 Å². The van der Waals surface area contributed by atoms with Gasteiger partial charge in [0, 0.05) is 37.8 Å². The molecule has 2 rings (SSSR count). The fourth-order valence-electron chi connectivity index (χ4n) is 2.82. The molecular formula is C17H26ClN3O3S. The number of amides is 1. The Kier molecular flexibility index (Phi) is 6.85. The third kappa shape index (κ3) is 4.94. The Morgan fingerprint density at radius 3 is 2.52 bits per heavy atom. The third-order valence-electron chi connectivity index (χ3n) is 4.37. The van der Waals surface area contributed by atoms with Gasteiger partial charge >= 0.3 is 0 Å². The lowest BCUT2D eigenvalue weighted by Crippen LogP contribution is -2.47. The molecule has 1 aliphatic heterocycles. The molecule has 1 saturated heterocycles.